The van der Waals surface area contributed by atoms with E-state index in [0.29, 0.717) is 19.3 Å². The SMILES string of the molecule is CC/C=C\C/C=C\C/C=C\C/C=C\C/C=C\C/C=C\CCCCCCCCCCCCCCCCCCC(=O)OCC(COC(=O)CCCCC/C=C\C/C=C\C/C=C\CC)OC(=O)CCCCCCC/C=C\C/C=C\CCCCCC. The van der Waals surface area contributed by atoms with E-state index in [9.17, 15) is 14.4 Å². The van der Waals surface area contributed by atoms with E-state index >= 15 is 0 Å². The van der Waals surface area contributed by atoms with Crippen LogP contribution in [0.25, 0.3) is 0 Å². The zero-order valence-electron chi connectivity index (χ0n) is 53.5. The minimum Gasteiger partial charge on any atom is -0.462 e. The Kier molecular flexibility index (Phi) is 65.3. The highest BCUT2D eigenvalue weighted by Crippen LogP contribution is 2.16. The molecule has 0 N–H and O–H groups in total. The van der Waals surface area contributed by atoms with E-state index in [1.54, 1.807) is 0 Å². The predicted octanol–water partition coefficient (Wildman–Crippen LogP) is 23.7. The van der Waals surface area contributed by atoms with E-state index in [1.165, 1.54) is 122 Å². The van der Waals surface area contributed by atoms with E-state index in [1.807, 2.05) is 0 Å². The van der Waals surface area contributed by atoms with Crippen molar-refractivity contribution in [3.05, 3.63) is 134 Å². The summed E-state index contributed by atoms with van der Waals surface area (Å²) in [6.07, 6.45) is 97.7. The second-order valence-electron chi connectivity index (χ2n) is 22.3. The molecule has 0 saturated carbocycles. The van der Waals surface area contributed by atoms with Crippen molar-refractivity contribution in [2.45, 2.75) is 316 Å². The molecule has 6 nitrogen and oxygen atoms in total. The van der Waals surface area contributed by atoms with Crippen molar-refractivity contribution in [1.29, 1.82) is 0 Å². The number of hydrogen-bond donors (Lipinski definition) is 0. The van der Waals surface area contributed by atoms with Crippen LogP contribution in [0.15, 0.2) is 134 Å². The van der Waals surface area contributed by atoms with Crippen LogP contribution in [0, 0.1) is 0 Å². The first-order valence-electron chi connectivity index (χ1n) is 34.2. The first kappa shape index (κ1) is 77.5. The summed E-state index contributed by atoms with van der Waals surface area (Å²) in [5.74, 6) is -0.932. The minimum absolute atomic E-state index is 0.0938. The number of carbonyl (C=O) groups excluding carboxylic acids is 3. The van der Waals surface area contributed by atoms with Gasteiger partial charge in [0, 0.05) is 19.3 Å². The summed E-state index contributed by atoms with van der Waals surface area (Å²) in [5.41, 5.74) is 0. The Morgan fingerprint density at radius 3 is 0.756 bits per heavy atom. The normalized spacial score (nSPS) is 13.0. The maximum absolute atomic E-state index is 12.9. The quantitative estimate of drug-likeness (QED) is 0.0261. The molecular weight excluding hydrogens is 1010 g/mol. The number of carbonyl (C=O) groups is 3. The summed E-state index contributed by atoms with van der Waals surface area (Å²) in [6.45, 7) is 6.37. The zero-order valence-corrected chi connectivity index (χ0v) is 53.5. The average Bonchev–Trinajstić information content (AvgIpc) is 3.47. The van der Waals surface area contributed by atoms with Gasteiger partial charge in [0.2, 0.25) is 0 Å². The number of unbranched alkanes of at least 4 members (excludes halogenated alkanes) is 28. The van der Waals surface area contributed by atoms with Gasteiger partial charge in [-0.25, -0.2) is 0 Å². The summed E-state index contributed by atoms with van der Waals surface area (Å²) in [5, 5.41) is 0. The molecule has 0 aromatic rings. The monoisotopic (exact) mass is 1130 g/mol. The molecule has 0 aliphatic rings. The standard InChI is InChI=1S/C76H126O6/c1-4-7-10-13-16-19-22-25-27-29-30-31-32-33-34-35-36-37-38-39-40-41-42-43-44-45-46-47-49-51-54-57-60-63-66-69-75(78)81-72-73(71-80-74(77)68-65-62-59-56-53-50-24-21-18-15-12-9-6-3)82-76(79)70-67-64-61-58-55-52-48-28-26-23-20-17-14-11-8-5-2/h7,9-10,12,16,18-21,23,25,27-28,30-31,33-34,36-37,48,50,53,73H,4-6,8,11,13-15,17,22,24,26,29,32,35,38-47,49,51-52,54-72H2,1-3H3/b10-7-,12-9-,19-16-,21-18-,23-20-,27-25-,31-30-,34-33-,37-36-,48-28-,53-50-. The molecule has 0 aromatic carbocycles. The van der Waals surface area contributed by atoms with Gasteiger partial charge in [0.05, 0.1) is 0 Å². The lowest BCUT2D eigenvalue weighted by molar-refractivity contribution is -0.167. The van der Waals surface area contributed by atoms with Crippen LogP contribution in [-0.4, -0.2) is 37.2 Å². The Bertz CT molecular complexity index is 1730. The maximum Gasteiger partial charge on any atom is 0.306 e. The molecule has 1 unspecified atom stereocenters. The summed E-state index contributed by atoms with van der Waals surface area (Å²) in [4.78, 5) is 38.3. The van der Waals surface area contributed by atoms with Crippen LogP contribution in [-0.2, 0) is 28.6 Å². The van der Waals surface area contributed by atoms with Crippen LogP contribution < -0.4 is 0 Å². The molecule has 6 heteroatoms. The van der Waals surface area contributed by atoms with Gasteiger partial charge in [0.25, 0.3) is 0 Å². The van der Waals surface area contributed by atoms with E-state index in [2.05, 4.69) is 154 Å². The fraction of sp³-hybridized carbons (Fsp3) is 0.671. The number of hydrogen-bond acceptors (Lipinski definition) is 6. The lowest BCUT2D eigenvalue weighted by atomic mass is 10.0. The van der Waals surface area contributed by atoms with Crippen LogP contribution in [0.2, 0.25) is 0 Å². The second-order valence-corrected chi connectivity index (χ2v) is 22.3. The van der Waals surface area contributed by atoms with Crippen LogP contribution in [0.1, 0.15) is 310 Å². The zero-order chi connectivity index (χ0) is 59.2. The molecule has 0 rings (SSSR count). The molecule has 82 heavy (non-hydrogen) atoms. The van der Waals surface area contributed by atoms with Gasteiger partial charge >= 0.3 is 17.9 Å². The molecular formula is C76H126O6. The Hall–Kier alpha value is -4.45. The molecule has 0 aromatic heterocycles. The van der Waals surface area contributed by atoms with Gasteiger partial charge < -0.3 is 14.2 Å². The predicted molar refractivity (Wildman–Crippen MR) is 357 cm³/mol. The Labute approximate surface area is 506 Å². The molecule has 0 radical (unpaired) electrons. The molecule has 0 heterocycles. The Morgan fingerprint density at radius 1 is 0.256 bits per heavy atom. The molecule has 0 aliphatic heterocycles. The molecule has 0 amide bonds. The highest BCUT2D eigenvalue weighted by Gasteiger charge is 2.19. The first-order valence-corrected chi connectivity index (χ1v) is 34.2. The van der Waals surface area contributed by atoms with E-state index in [0.717, 1.165) is 148 Å². The fourth-order valence-electron chi connectivity index (χ4n) is 9.32. The van der Waals surface area contributed by atoms with Gasteiger partial charge in [-0.3, -0.25) is 14.4 Å². The topological polar surface area (TPSA) is 78.9 Å². The molecule has 466 valence electrons. The summed E-state index contributed by atoms with van der Waals surface area (Å²) < 4.78 is 16.9. The minimum atomic E-state index is -0.800. The number of rotatable bonds is 61. The van der Waals surface area contributed by atoms with Gasteiger partial charge in [-0.1, -0.05) is 289 Å². The van der Waals surface area contributed by atoms with Crippen molar-refractivity contribution in [2.75, 3.05) is 13.2 Å². The van der Waals surface area contributed by atoms with Crippen molar-refractivity contribution in [3.8, 4) is 0 Å². The average molecular weight is 1140 g/mol. The molecule has 0 bridgehead atoms. The van der Waals surface area contributed by atoms with Gasteiger partial charge in [0.1, 0.15) is 13.2 Å². The van der Waals surface area contributed by atoms with E-state index in [4.69, 9.17) is 14.2 Å². The first-order chi connectivity index (χ1) is 40.5. The lowest BCUT2D eigenvalue weighted by Gasteiger charge is -2.18. The van der Waals surface area contributed by atoms with Gasteiger partial charge in [0.15, 0.2) is 6.10 Å². The van der Waals surface area contributed by atoms with E-state index in [-0.39, 0.29) is 31.1 Å². The van der Waals surface area contributed by atoms with Crippen LogP contribution in [0.5, 0.6) is 0 Å². The van der Waals surface area contributed by atoms with Crippen molar-refractivity contribution >= 4 is 17.9 Å². The number of esters is 3. The van der Waals surface area contributed by atoms with Crippen LogP contribution in [0.3, 0.4) is 0 Å². The summed E-state index contributed by atoms with van der Waals surface area (Å²) in [7, 11) is 0. The summed E-state index contributed by atoms with van der Waals surface area (Å²) in [6, 6.07) is 0. The molecule has 0 aliphatic carbocycles. The van der Waals surface area contributed by atoms with Crippen molar-refractivity contribution < 1.29 is 28.6 Å². The van der Waals surface area contributed by atoms with Gasteiger partial charge in [-0.15, -0.1) is 0 Å². The van der Waals surface area contributed by atoms with Gasteiger partial charge in [-0.05, 0) is 135 Å². The smallest absolute Gasteiger partial charge is 0.306 e. The second kappa shape index (κ2) is 69.0. The van der Waals surface area contributed by atoms with Gasteiger partial charge in [-0.2, -0.15) is 0 Å². The Balaban J connectivity index is 4.19. The van der Waals surface area contributed by atoms with Crippen LogP contribution >= 0.6 is 0 Å². The summed E-state index contributed by atoms with van der Waals surface area (Å²) >= 11 is 0. The maximum atomic E-state index is 12.9. The highest BCUT2D eigenvalue weighted by atomic mass is 16.6. The number of allylic oxidation sites excluding steroid dienone is 22. The van der Waals surface area contributed by atoms with Crippen LogP contribution in [0.4, 0.5) is 0 Å². The third-order valence-corrected chi connectivity index (χ3v) is 14.4. The van der Waals surface area contributed by atoms with Crippen molar-refractivity contribution in [2.24, 2.45) is 0 Å². The molecule has 0 saturated heterocycles. The Morgan fingerprint density at radius 2 is 0.476 bits per heavy atom. The van der Waals surface area contributed by atoms with Crippen molar-refractivity contribution in [3.63, 3.8) is 0 Å². The molecule has 0 spiro atoms. The lowest BCUT2D eigenvalue weighted by Crippen LogP contribution is -2.30. The molecule has 0 fully saturated rings. The van der Waals surface area contributed by atoms with E-state index < -0.39 is 6.10 Å². The largest absolute Gasteiger partial charge is 0.462 e. The third kappa shape index (κ3) is 66.4. The third-order valence-electron chi connectivity index (χ3n) is 14.4. The number of ether oxygens (including phenoxy) is 3. The highest BCUT2D eigenvalue weighted by molar-refractivity contribution is 5.71. The molecule has 1 atom stereocenters. The van der Waals surface area contributed by atoms with Crippen molar-refractivity contribution in [1.82, 2.24) is 0 Å². The fourth-order valence-corrected chi connectivity index (χ4v) is 9.32.